The first-order valence-electron chi connectivity index (χ1n) is 10.8. The summed E-state index contributed by atoms with van der Waals surface area (Å²) < 4.78 is 53.0. The van der Waals surface area contributed by atoms with Crippen LogP contribution in [-0.4, -0.2) is 52.2 Å². The number of hydrogen-bond acceptors (Lipinski definition) is 5. The van der Waals surface area contributed by atoms with Crippen molar-refractivity contribution in [1.82, 2.24) is 19.5 Å². The van der Waals surface area contributed by atoms with E-state index in [4.69, 9.17) is 9.47 Å². The van der Waals surface area contributed by atoms with E-state index in [-0.39, 0.29) is 29.0 Å². The van der Waals surface area contributed by atoms with Crippen LogP contribution >= 0.6 is 0 Å². The van der Waals surface area contributed by atoms with E-state index in [1.54, 1.807) is 23.1 Å². The summed E-state index contributed by atoms with van der Waals surface area (Å²) >= 11 is 0. The third-order valence-corrected chi connectivity index (χ3v) is 5.98. The Labute approximate surface area is 189 Å². The number of piperidine rings is 1. The Morgan fingerprint density at radius 3 is 2.55 bits per heavy atom. The topological polar surface area (TPSA) is 69.0 Å². The van der Waals surface area contributed by atoms with Crippen molar-refractivity contribution in [2.24, 2.45) is 0 Å². The van der Waals surface area contributed by atoms with E-state index < -0.39 is 11.9 Å². The number of fused-ring (bicyclic) bond motifs is 1. The molecular formula is C23H25F3N4O3. The van der Waals surface area contributed by atoms with Crippen molar-refractivity contribution in [3.63, 3.8) is 0 Å². The molecule has 0 saturated carbocycles. The normalized spacial score (nSPS) is 16.8. The Kier molecular flexibility index (Phi) is 6.18. The molecule has 0 bridgehead atoms. The Morgan fingerprint density at radius 2 is 1.88 bits per heavy atom. The van der Waals surface area contributed by atoms with Crippen molar-refractivity contribution in [2.45, 2.75) is 44.8 Å². The minimum absolute atomic E-state index is 0.0437. The van der Waals surface area contributed by atoms with Crippen LogP contribution in [0.4, 0.5) is 13.2 Å². The fourth-order valence-corrected chi connectivity index (χ4v) is 4.26. The molecule has 1 aliphatic rings. The molecule has 4 rings (SSSR count). The Balaban J connectivity index is 1.81. The second-order valence-corrected chi connectivity index (χ2v) is 7.95. The highest BCUT2D eigenvalue weighted by molar-refractivity contribution is 5.93. The molecule has 2 aromatic heterocycles. The van der Waals surface area contributed by atoms with Gasteiger partial charge < -0.3 is 14.4 Å². The van der Waals surface area contributed by atoms with Crippen molar-refractivity contribution in [1.29, 1.82) is 0 Å². The molecule has 0 spiro atoms. The quantitative estimate of drug-likeness (QED) is 0.543. The van der Waals surface area contributed by atoms with Gasteiger partial charge in [-0.15, -0.1) is 0 Å². The average molecular weight is 462 g/mol. The monoisotopic (exact) mass is 462 g/mol. The number of hydrogen-bond donors (Lipinski definition) is 0. The van der Waals surface area contributed by atoms with E-state index in [1.165, 1.54) is 20.3 Å². The Hall–Kier alpha value is -3.30. The maximum absolute atomic E-state index is 13.9. The van der Waals surface area contributed by atoms with Crippen LogP contribution in [-0.2, 0) is 6.18 Å². The highest BCUT2D eigenvalue weighted by Gasteiger charge is 2.36. The zero-order valence-electron chi connectivity index (χ0n) is 18.6. The van der Waals surface area contributed by atoms with Gasteiger partial charge in [0, 0.05) is 24.2 Å². The Morgan fingerprint density at radius 1 is 1.12 bits per heavy atom. The molecule has 1 aromatic carbocycles. The molecule has 1 saturated heterocycles. The number of ether oxygens (including phenoxy) is 2. The lowest BCUT2D eigenvalue weighted by Gasteiger charge is -2.34. The van der Waals surface area contributed by atoms with Crippen LogP contribution in [0.2, 0.25) is 0 Å². The standard InChI is InChI=1S/C23H25F3N4O3/c1-4-15-7-5-6-10-29(15)22(31)17-13-21-27-16(12-20(23(24,25)26)30(21)28-17)14-8-9-18(32-2)19(11-14)33-3/h8-9,11-13,15H,4-7,10H2,1-3H3. The number of likely N-dealkylation sites (tertiary alicyclic amines) is 1. The number of amides is 1. The smallest absolute Gasteiger partial charge is 0.433 e. The number of carbonyl (C=O) groups is 1. The van der Waals surface area contributed by atoms with Crippen LogP contribution in [0, 0.1) is 0 Å². The molecule has 10 heteroatoms. The van der Waals surface area contributed by atoms with Crippen molar-refractivity contribution in [3.8, 4) is 22.8 Å². The number of aromatic nitrogens is 3. The van der Waals surface area contributed by atoms with Gasteiger partial charge in [-0.2, -0.15) is 18.3 Å². The summed E-state index contributed by atoms with van der Waals surface area (Å²) in [6.07, 6.45) is -1.14. The van der Waals surface area contributed by atoms with Gasteiger partial charge in [0.2, 0.25) is 0 Å². The van der Waals surface area contributed by atoms with E-state index in [9.17, 15) is 18.0 Å². The van der Waals surface area contributed by atoms with Gasteiger partial charge in [-0.1, -0.05) is 6.92 Å². The fourth-order valence-electron chi connectivity index (χ4n) is 4.26. The highest BCUT2D eigenvalue weighted by Crippen LogP contribution is 2.35. The zero-order chi connectivity index (χ0) is 23.8. The summed E-state index contributed by atoms with van der Waals surface area (Å²) in [5.41, 5.74) is -0.612. The molecule has 1 atom stereocenters. The lowest BCUT2D eigenvalue weighted by molar-refractivity contribution is -0.142. The molecule has 3 heterocycles. The number of benzene rings is 1. The Bertz CT molecular complexity index is 1180. The van der Waals surface area contributed by atoms with E-state index in [2.05, 4.69) is 10.1 Å². The minimum atomic E-state index is -4.70. The number of alkyl halides is 3. The van der Waals surface area contributed by atoms with Gasteiger partial charge in [-0.05, 0) is 49.9 Å². The summed E-state index contributed by atoms with van der Waals surface area (Å²) in [6.45, 7) is 2.57. The lowest BCUT2D eigenvalue weighted by Crippen LogP contribution is -2.43. The number of rotatable bonds is 5. The summed E-state index contributed by atoms with van der Waals surface area (Å²) in [7, 11) is 2.91. The van der Waals surface area contributed by atoms with Crippen LogP contribution in [0.15, 0.2) is 30.3 Å². The van der Waals surface area contributed by atoms with Gasteiger partial charge in [0.15, 0.2) is 28.5 Å². The molecule has 1 unspecified atom stereocenters. The van der Waals surface area contributed by atoms with Crippen LogP contribution in [0.1, 0.15) is 48.8 Å². The number of carbonyl (C=O) groups excluding carboxylic acids is 1. The summed E-state index contributed by atoms with van der Waals surface area (Å²) in [6, 6.07) is 7.06. The van der Waals surface area contributed by atoms with Gasteiger partial charge in [0.05, 0.1) is 19.9 Å². The molecule has 1 amide bonds. The minimum Gasteiger partial charge on any atom is -0.493 e. The molecule has 33 heavy (non-hydrogen) atoms. The molecule has 0 radical (unpaired) electrons. The van der Waals surface area contributed by atoms with Gasteiger partial charge in [0.25, 0.3) is 5.91 Å². The van der Waals surface area contributed by atoms with Crippen molar-refractivity contribution in [3.05, 3.63) is 41.7 Å². The summed E-state index contributed by atoms with van der Waals surface area (Å²) in [5, 5.41) is 4.02. The maximum atomic E-state index is 13.9. The average Bonchev–Trinajstić information content (AvgIpc) is 3.25. The zero-order valence-corrected chi connectivity index (χ0v) is 18.6. The predicted octanol–water partition coefficient (Wildman–Crippen LogP) is 4.84. The number of nitrogens with zero attached hydrogens (tertiary/aromatic N) is 4. The maximum Gasteiger partial charge on any atom is 0.433 e. The van der Waals surface area contributed by atoms with Gasteiger partial charge in [0.1, 0.15) is 0 Å². The molecule has 1 fully saturated rings. The van der Waals surface area contributed by atoms with E-state index in [0.717, 1.165) is 31.7 Å². The first-order chi connectivity index (χ1) is 15.8. The molecule has 1 aliphatic heterocycles. The van der Waals surface area contributed by atoms with Crippen molar-refractivity contribution >= 4 is 11.6 Å². The van der Waals surface area contributed by atoms with E-state index >= 15 is 0 Å². The summed E-state index contributed by atoms with van der Waals surface area (Å²) in [5.74, 6) is 0.445. The van der Waals surface area contributed by atoms with Crippen LogP contribution in [0.3, 0.4) is 0 Å². The first kappa shape index (κ1) is 22.9. The molecule has 3 aromatic rings. The highest BCUT2D eigenvalue weighted by atomic mass is 19.4. The van der Waals surface area contributed by atoms with E-state index in [0.29, 0.717) is 28.1 Å². The SMILES string of the molecule is CCC1CCCCN1C(=O)c1cc2nc(-c3ccc(OC)c(OC)c3)cc(C(F)(F)F)n2n1. The number of halogens is 3. The van der Waals surface area contributed by atoms with Gasteiger partial charge >= 0.3 is 6.18 Å². The van der Waals surface area contributed by atoms with Crippen LogP contribution < -0.4 is 9.47 Å². The van der Waals surface area contributed by atoms with Crippen molar-refractivity contribution in [2.75, 3.05) is 20.8 Å². The second kappa shape index (κ2) is 8.92. The lowest BCUT2D eigenvalue weighted by atomic mass is 9.99. The molecular weight excluding hydrogens is 437 g/mol. The van der Waals surface area contributed by atoms with Gasteiger partial charge in [-0.3, -0.25) is 4.79 Å². The third kappa shape index (κ3) is 4.34. The molecule has 0 aliphatic carbocycles. The van der Waals surface area contributed by atoms with Crippen molar-refractivity contribution < 1.29 is 27.4 Å². The predicted molar refractivity (Wildman–Crippen MR) is 115 cm³/mol. The van der Waals surface area contributed by atoms with Gasteiger partial charge in [-0.25, -0.2) is 9.50 Å². The molecule has 0 N–H and O–H groups in total. The van der Waals surface area contributed by atoms with E-state index in [1.807, 2.05) is 6.92 Å². The molecule has 176 valence electrons. The largest absolute Gasteiger partial charge is 0.493 e. The first-order valence-corrected chi connectivity index (χ1v) is 10.8. The second-order valence-electron chi connectivity index (χ2n) is 7.95. The summed E-state index contributed by atoms with van der Waals surface area (Å²) in [4.78, 5) is 19.2. The third-order valence-electron chi connectivity index (χ3n) is 5.98. The number of methoxy groups -OCH3 is 2. The van der Waals surface area contributed by atoms with Crippen LogP contribution in [0.25, 0.3) is 16.9 Å². The van der Waals surface area contributed by atoms with Crippen LogP contribution in [0.5, 0.6) is 11.5 Å². The fraction of sp³-hybridized carbons (Fsp3) is 0.435. The molecule has 7 nitrogen and oxygen atoms in total.